The number of hydrogen-bond acceptors (Lipinski definition) is 0. The van der Waals surface area contributed by atoms with Gasteiger partial charge in [-0.05, 0) is 121 Å². The van der Waals surface area contributed by atoms with E-state index in [1.807, 2.05) is 0 Å². The standard InChI is InChI=1S/C47H37N/c1-4-30-12-18-33(19-13-30)41-27-40(32-16-10-29(3)11-17-32)37-24-25-39-43(45-26-35-8-6-7-9-44(35)48-45)28-42(34-20-14-31(5-2)15-21-34)38-23-22-36(41)46(37)47(38)39/h6-28,48H,4-5H2,1-3H3. The second-order valence-electron chi connectivity index (χ2n) is 13.3. The summed E-state index contributed by atoms with van der Waals surface area (Å²) in [5, 5.41) is 9.05. The van der Waals surface area contributed by atoms with Crippen LogP contribution >= 0.6 is 0 Å². The normalized spacial score (nSPS) is 11.8. The zero-order valence-corrected chi connectivity index (χ0v) is 27.7. The summed E-state index contributed by atoms with van der Waals surface area (Å²) < 4.78 is 0. The molecule has 1 nitrogen and oxygen atoms in total. The van der Waals surface area contributed by atoms with Gasteiger partial charge in [0.2, 0.25) is 0 Å². The molecule has 0 atom stereocenters. The lowest BCUT2D eigenvalue weighted by Crippen LogP contribution is -1.94. The number of hydrogen-bond donors (Lipinski definition) is 1. The van der Waals surface area contributed by atoms with Gasteiger partial charge in [0.15, 0.2) is 0 Å². The number of aromatic nitrogens is 1. The number of nitrogens with one attached hydrogen (secondary N) is 1. The molecule has 230 valence electrons. The maximum absolute atomic E-state index is 3.77. The number of aromatic amines is 1. The van der Waals surface area contributed by atoms with Crippen molar-refractivity contribution in [3.63, 3.8) is 0 Å². The number of benzene rings is 8. The van der Waals surface area contributed by atoms with Crippen LogP contribution in [0, 0.1) is 6.92 Å². The van der Waals surface area contributed by atoms with Crippen LogP contribution in [-0.4, -0.2) is 4.98 Å². The van der Waals surface area contributed by atoms with Crippen molar-refractivity contribution in [3.05, 3.63) is 156 Å². The van der Waals surface area contributed by atoms with Crippen molar-refractivity contribution < 1.29 is 0 Å². The molecule has 0 fully saturated rings. The molecule has 1 N–H and O–H groups in total. The molecule has 0 spiro atoms. The van der Waals surface area contributed by atoms with Gasteiger partial charge in [0.1, 0.15) is 0 Å². The van der Waals surface area contributed by atoms with Gasteiger partial charge in [0.25, 0.3) is 0 Å². The Balaban J connectivity index is 1.44. The number of fused-ring (bicyclic) bond motifs is 1. The molecule has 0 radical (unpaired) electrons. The van der Waals surface area contributed by atoms with E-state index in [9.17, 15) is 0 Å². The van der Waals surface area contributed by atoms with Crippen molar-refractivity contribution in [2.45, 2.75) is 33.6 Å². The number of rotatable bonds is 6. The largest absolute Gasteiger partial charge is 0.355 e. The molecule has 0 aliphatic carbocycles. The van der Waals surface area contributed by atoms with Crippen molar-refractivity contribution in [2.75, 3.05) is 0 Å². The fourth-order valence-electron chi connectivity index (χ4n) is 7.72. The first-order valence-corrected chi connectivity index (χ1v) is 17.2. The topological polar surface area (TPSA) is 15.8 Å². The quantitative estimate of drug-likeness (QED) is 0.179. The molecule has 0 amide bonds. The minimum Gasteiger partial charge on any atom is -0.355 e. The average molecular weight is 616 g/mol. The minimum atomic E-state index is 1.03. The van der Waals surface area contributed by atoms with Crippen molar-refractivity contribution in [3.8, 4) is 44.6 Å². The van der Waals surface area contributed by atoms with E-state index >= 15 is 0 Å². The Kier molecular flexibility index (Phi) is 6.69. The van der Waals surface area contributed by atoms with Crippen LogP contribution in [-0.2, 0) is 12.8 Å². The molecular weight excluding hydrogens is 579 g/mol. The highest BCUT2D eigenvalue weighted by molar-refractivity contribution is 6.32. The zero-order chi connectivity index (χ0) is 32.4. The third-order valence-corrected chi connectivity index (χ3v) is 10.4. The first-order chi connectivity index (χ1) is 23.6. The molecular formula is C47H37N. The van der Waals surface area contributed by atoms with Gasteiger partial charge in [-0.25, -0.2) is 0 Å². The van der Waals surface area contributed by atoms with E-state index in [-0.39, 0.29) is 0 Å². The van der Waals surface area contributed by atoms with Crippen molar-refractivity contribution in [2.24, 2.45) is 0 Å². The van der Waals surface area contributed by atoms with Gasteiger partial charge in [-0.2, -0.15) is 0 Å². The lowest BCUT2D eigenvalue weighted by molar-refractivity contribution is 1.14. The maximum atomic E-state index is 3.77. The van der Waals surface area contributed by atoms with Crippen molar-refractivity contribution in [1.29, 1.82) is 0 Å². The molecule has 0 unspecified atom stereocenters. The fraction of sp³-hybridized carbons (Fsp3) is 0.106. The lowest BCUT2D eigenvalue weighted by atomic mass is 9.82. The maximum Gasteiger partial charge on any atom is 0.0471 e. The van der Waals surface area contributed by atoms with E-state index in [4.69, 9.17) is 0 Å². The molecule has 9 rings (SSSR count). The van der Waals surface area contributed by atoms with Crippen molar-refractivity contribution in [1.82, 2.24) is 4.98 Å². The molecule has 1 heteroatoms. The molecule has 48 heavy (non-hydrogen) atoms. The molecule has 0 aliphatic heterocycles. The zero-order valence-electron chi connectivity index (χ0n) is 27.7. The summed E-state index contributed by atoms with van der Waals surface area (Å²) in [6, 6.07) is 52.6. The molecule has 1 heterocycles. The second kappa shape index (κ2) is 11.2. The van der Waals surface area contributed by atoms with Gasteiger partial charge < -0.3 is 4.98 Å². The van der Waals surface area contributed by atoms with E-state index in [0.29, 0.717) is 0 Å². The van der Waals surface area contributed by atoms with Gasteiger partial charge in [-0.15, -0.1) is 0 Å². The molecule has 0 saturated carbocycles. The Labute approximate surface area is 281 Å². The van der Waals surface area contributed by atoms with E-state index in [2.05, 4.69) is 165 Å². The van der Waals surface area contributed by atoms with Crippen LogP contribution in [0.3, 0.4) is 0 Å². The fourth-order valence-corrected chi connectivity index (χ4v) is 7.72. The van der Waals surface area contributed by atoms with Crippen LogP contribution in [0.2, 0.25) is 0 Å². The predicted octanol–water partition coefficient (Wildman–Crippen LogP) is 13.2. The smallest absolute Gasteiger partial charge is 0.0471 e. The molecule has 0 saturated heterocycles. The molecule has 0 bridgehead atoms. The minimum absolute atomic E-state index is 1.03. The Morgan fingerprint density at radius 3 is 1.35 bits per heavy atom. The number of para-hydroxylation sites is 1. The summed E-state index contributed by atoms with van der Waals surface area (Å²) in [5.41, 5.74) is 15.1. The van der Waals surface area contributed by atoms with Crippen LogP contribution < -0.4 is 0 Å². The van der Waals surface area contributed by atoms with E-state index in [1.165, 1.54) is 93.3 Å². The summed E-state index contributed by atoms with van der Waals surface area (Å²) in [6.45, 7) is 6.60. The summed E-state index contributed by atoms with van der Waals surface area (Å²) in [7, 11) is 0. The number of H-pyrrole nitrogens is 1. The van der Waals surface area contributed by atoms with Gasteiger partial charge in [0.05, 0.1) is 0 Å². The van der Waals surface area contributed by atoms with Gasteiger partial charge in [-0.1, -0.05) is 135 Å². The molecule has 1 aromatic heterocycles. The number of aryl methyl sites for hydroxylation is 3. The Bertz CT molecular complexity index is 2570. The summed E-state index contributed by atoms with van der Waals surface area (Å²) in [4.78, 5) is 3.77. The molecule has 8 aromatic carbocycles. The van der Waals surface area contributed by atoms with Crippen molar-refractivity contribution >= 4 is 43.2 Å². The highest BCUT2D eigenvalue weighted by Crippen LogP contribution is 2.48. The predicted molar refractivity (Wildman–Crippen MR) is 207 cm³/mol. The van der Waals surface area contributed by atoms with Gasteiger partial charge in [-0.3, -0.25) is 0 Å². The highest BCUT2D eigenvalue weighted by Gasteiger charge is 2.21. The van der Waals surface area contributed by atoms with Gasteiger partial charge in [0, 0.05) is 22.2 Å². The molecule has 9 aromatic rings. The Hall–Kier alpha value is -5.66. The van der Waals surface area contributed by atoms with Crippen LogP contribution in [0.25, 0.3) is 87.9 Å². The first kappa shape index (κ1) is 28.6. The SMILES string of the molecule is CCc1ccc(-c2cc(-c3ccc(C)cc3)c3ccc4c(-c5cc6ccccc6[nH]5)cc(-c5ccc(CC)cc5)c5ccc2c3c54)cc1. The monoisotopic (exact) mass is 615 g/mol. The lowest BCUT2D eigenvalue weighted by Gasteiger charge is -2.21. The van der Waals surface area contributed by atoms with E-state index in [0.717, 1.165) is 24.1 Å². The Morgan fingerprint density at radius 1 is 0.438 bits per heavy atom. The summed E-state index contributed by atoms with van der Waals surface area (Å²) >= 11 is 0. The third kappa shape index (κ3) is 4.53. The Morgan fingerprint density at radius 2 is 0.875 bits per heavy atom. The average Bonchev–Trinajstić information content (AvgIpc) is 3.58. The van der Waals surface area contributed by atoms with E-state index in [1.54, 1.807) is 0 Å². The van der Waals surface area contributed by atoms with Crippen LogP contribution in [0.5, 0.6) is 0 Å². The first-order valence-electron chi connectivity index (χ1n) is 17.2. The highest BCUT2D eigenvalue weighted by atomic mass is 14.7. The van der Waals surface area contributed by atoms with Crippen LogP contribution in [0.15, 0.2) is 140 Å². The van der Waals surface area contributed by atoms with Gasteiger partial charge >= 0.3 is 0 Å². The molecule has 0 aliphatic rings. The van der Waals surface area contributed by atoms with Crippen LogP contribution in [0.1, 0.15) is 30.5 Å². The summed E-state index contributed by atoms with van der Waals surface area (Å²) in [6.07, 6.45) is 2.06. The third-order valence-electron chi connectivity index (χ3n) is 10.4. The second-order valence-corrected chi connectivity index (χ2v) is 13.3. The van der Waals surface area contributed by atoms with E-state index < -0.39 is 0 Å². The summed E-state index contributed by atoms with van der Waals surface area (Å²) in [5.74, 6) is 0. The van der Waals surface area contributed by atoms with Crippen LogP contribution in [0.4, 0.5) is 0 Å².